The maximum absolute atomic E-state index is 5.04. The fraction of sp³-hybridized carbons (Fsp3) is 0. The Morgan fingerprint density at radius 3 is 2.07 bits per heavy atom. The highest BCUT2D eigenvalue weighted by Gasteiger charge is 2.22. The van der Waals surface area contributed by atoms with Crippen LogP contribution in [-0.4, -0.2) is 4.98 Å². The molecule has 0 saturated heterocycles. The van der Waals surface area contributed by atoms with Gasteiger partial charge in [0.2, 0.25) is 0 Å². The first-order valence-corrected chi connectivity index (χ1v) is 10.2. The minimum Gasteiger partial charge on any atom is -0.248 e. The molecule has 0 radical (unpaired) electrons. The van der Waals surface area contributed by atoms with E-state index in [0.29, 0.717) is 0 Å². The van der Waals surface area contributed by atoms with Gasteiger partial charge in [-0.1, -0.05) is 91.5 Å². The van der Waals surface area contributed by atoms with Crippen LogP contribution in [0.4, 0.5) is 0 Å². The molecule has 5 aromatic rings. The second-order valence-corrected chi connectivity index (χ2v) is 7.71. The molecule has 0 unspecified atom stereocenters. The van der Waals surface area contributed by atoms with E-state index < -0.39 is 0 Å². The van der Waals surface area contributed by atoms with Crippen molar-refractivity contribution in [3.8, 4) is 44.6 Å². The molecule has 1 heterocycles. The normalized spacial score (nSPS) is 11.5. The number of hydrogen-bond acceptors (Lipinski definition) is 1. The average molecular weight is 381 g/mol. The molecule has 0 aliphatic heterocycles. The minimum atomic E-state index is 1.01. The maximum atomic E-state index is 5.04. The molecule has 140 valence electrons. The number of pyridine rings is 1. The van der Waals surface area contributed by atoms with Crippen molar-refractivity contribution in [3.63, 3.8) is 0 Å². The maximum Gasteiger partial charge on any atom is 0.0722 e. The van der Waals surface area contributed by atoms with Gasteiger partial charge in [-0.25, -0.2) is 4.98 Å². The van der Waals surface area contributed by atoms with Crippen molar-refractivity contribution in [2.75, 3.05) is 0 Å². The van der Waals surface area contributed by atoms with Crippen LogP contribution in [0.5, 0.6) is 0 Å². The van der Waals surface area contributed by atoms with Gasteiger partial charge in [0.1, 0.15) is 0 Å². The Hall–Kier alpha value is -3.97. The third kappa shape index (κ3) is 2.53. The molecule has 30 heavy (non-hydrogen) atoms. The zero-order valence-electron chi connectivity index (χ0n) is 16.5. The molecule has 6 rings (SSSR count). The van der Waals surface area contributed by atoms with Crippen molar-refractivity contribution in [2.24, 2.45) is 0 Å². The topological polar surface area (TPSA) is 12.9 Å². The molecule has 0 atom stereocenters. The van der Waals surface area contributed by atoms with E-state index in [-0.39, 0.29) is 0 Å². The lowest BCUT2D eigenvalue weighted by Crippen LogP contribution is -1.88. The van der Waals surface area contributed by atoms with E-state index in [1.807, 2.05) is 6.08 Å². The first kappa shape index (κ1) is 16.9. The molecular formula is C29H19N. The molecule has 0 bridgehead atoms. The van der Waals surface area contributed by atoms with Crippen molar-refractivity contribution in [3.05, 3.63) is 109 Å². The van der Waals surface area contributed by atoms with Gasteiger partial charge in [0.25, 0.3) is 0 Å². The molecule has 0 fully saturated rings. The third-order valence-corrected chi connectivity index (χ3v) is 5.98. The molecule has 1 aliphatic rings. The van der Waals surface area contributed by atoms with Gasteiger partial charge in [-0.15, -0.1) is 0 Å². The second kappa shape index (κ2) is 6.53. The van der Waals surface area contributed by atoms with Crippen LogP contribution in [0.2, 0.25) is 0 Å². The van der Waals surface area contributed by atoms with E-state index in [1.165, 1.54) is 38.8 Å². The molecule has 1 heteroatoms. The van der Waals surface area contributed by atoms with Crippen molar-refractivity contribution in [2.45, 2.75) is 0 Å². The number of rotatable bonds is 3. The van der Waals surface area contributed by atoms with Crippen LogP contribution >= 0.6 is 0 Å². The van der Waals surface area contributed by atoms with Gasteiger partial charge in [0.05, 0.1) is 11.2 Å². The summed E-state index contributed by atoms with van der Waals surface area (Å²) < 4.78 is 0. The molecular weight excluding hydrogens is 362 g/mol. The Morgan fingerprint density at radius 2 is 1.27 bits per heavy atom. The summed E-state index contributed by atoms with van der Waals surface area (Å²) in [6, 6.07) is 34.5. The lowest BCUT2D eigenvalue weighted by Gasteiger charge is -2.09. The van der Waals surface area contributed by atoms with Gasteiger partial charge in [-0.05, 0) is 57.1 Å². The standard InChI is InChI=1S/C29H19N/c1-2-19-13-15-20(16-14-19)21-7-5-8-22(17-21)28-18-26-24-10-4-3-9-23(24)25-11-6-12-27(30-28)29(25)26/h2-18H,1H2. The highest BCUT2D eigenvalue weighted by Crippen LogP contribution is 2.47. The summed E-state index contributed by atoms with van der Waals surface area (Å²) in [6.45, 7) is 3.84. The van der Waals surface area contributed by atoms with Crippen LogP contribution in [-0.2, 0) is 0 Å². The van der Waals surface area contributed by atoms with E-state index in [9.17, 15) is 0 Å². The Morgan fingerprint density at radius 1 is 0.567 bits per heavy atom. The lowest BCUT2D eigenvalue weighted by atomic mass is 9.98. The van der Waals surface area contributed by atoms with Gasteiger partial charge in [-0.3, -0.25) is 0 Å². The largest absolute Gasteiger partial charge is 0.248 e. The Kier molecular flexibility index (Phi) is 3.69. The zero-order chi connectivity index (χ0) is 20.1. The van der Waals surface area contributed by atoms with Gasteiger partial charge >= 0.3 is 0 Å². The van der Waals surface area contributed by atoms with E-state index in [4.69, 9.17) is 4.98 Å². The number of benzene rings is 4. The molecule has 1 aliphatic carbocycles. The highest BCUT2D eigenvalue weighted by atomic mass is 14.7. The molecule has 1 nitrogen and oxygen atoms in total. The van der Waals surface area contributed by atoms with Crippen molar-refractivity contribution < 1.29 is 0 Å². The minimum absolute atomic E-state index is 1.01. The quantitative estimate of drug-likeness (QED) is 0.304. The van der Waals surface area contributed by atoms with Crippen molar-refractivity contribution in [1.29, 1.82) is 0 Å². The van der Waals surface area contributed by atoms with Crippen LogP contribution < -0.4 is 0 Å². The van der Waals surface area contributed by atoms with Gasteiger partial charge in [-0.2, -0.15) is 0 Å². The molecule has 4 aromatic carbocycles. The first-order valence-electron chi connectivity index (χ1n) is 10.2. The van der Waals surface area contributed by atoms with Crippen molar-refractivity contribution in [1.82, 2.24) is 4.98 Å². The number of fused-ring (bicyclic) bond motifs is 3. The highest BCUT2D eigenvalue weighted by molar-refractivity contribution is 6.14. The molecule has 0 N–H and O–H groups in total. The first-order chi connectivity index (χ1) is 14.8. The van der Waals surface area contributed by atoms with Crippen LogP contribution in [0.3, 0.4) is 0 Å². The van der Waals surface area contributed by atoms with Crippen molar-refractivity contribution >= 4 is 17.0 Å². The second-order valence-electron chi connectivity index (χ2n) is 7.71. The predicted molar refractivity (Wildman–Crippen MR) is 127 cm³/mol. The zero-order valence-corrected chi connectivity index (χ0v) is 16.5. The fourth-order valence-electron chi connectivity index (χ4n) is 4.49. The monoisotopic (exact) mass is 381 g/mol. The van der Waals surface area contributed by atoms with Crippen LogP contribution in [0.25, 0.3) is 61.6 Å². The summed E-state index contributed by atoms with van der Waals surface area (Å²) in [7, 11) is 0. The Labute approximate surface area is 176 Å². The van der Waals surface area contributed by atoms with Gasteiger partial charge in [0, 0.05) is 10.9 Å². The fourth-order valence-corrected chi connectivity index (χ4v) is 4.49. The van der Waals surface area contributed by atoms with Crippen LogP contribution in [0, 0.1) is 0 Å². The molecule has 0 spiro atoms. The van der Waals surface area contributed by atoms with E-state index in [1.54, 1.807) is 0 Å². The molecule has 0 amide bonds. The SMILES string of the molecule is C=Cc1ccc(-c2cccc(-c3cc4c5c(cccc5n3)-c3ccccc3-4)c2)cc1. The van der Waals surface area contributed by atoms with E-state index in [2.05, 4.69) is 104 Å². The van der Waals surface area contributed by atoms with Crippen LogP contribution in [0.1, 0.15) is 5.56 Å². The summed E-state index contributed by atoms with van der Waals surface area (Å²) in [4.78, 5) is 5.04. The Balaban J connectivity index is 1.52. The smallest absolute Gasteiger partial charge is 0.0722 e. The summed E-state index contributed by atoms with van der Waals surface area (Å²) in [5, 5.41) is 1.26. The summed E-state index contributed by atoms with van der Waals surface area (Å²) in [5.41, 5.74) is 11.9. The Bertz CT molecular complexity index is 1440. The summed E-state index contributed by atoms with van der Waals surface area (Å²) >= 11 is 0. The van der Waals surface area contributed by atoms with Gasteiger partial charge < -0.3 is 0 Å². The van der Waals surface area contributed by atoms with Crippen LogP contribution in [0.15, 0.2) is 104 Å². The predicted octanol–water partition coefficient (Wildman–Crippen LogP) is 7.86. The molecule has 0 saturated carbocycles. The molecule has 1 aromatic heterocycles. The third-order valence-electron chi connectivity index (χ3n) is 5.98. The van der Waals surface area contributed by atoms with Gasteiger partial charge in [0.15, 0.2) is 0 Å². The lowest BCUT2D eigenvalue weighted by molar-refractivity contribution is 1.40. The summed E-state index contributed by atoms with van der Waals surface area (Å²) in [5.74, 6) is 0. The average Bonchev–Trinajstić information content (AvgIpc) is 3.15. The summed E-state index contributed by atoms with van der Waals surface area (Å²) in [6.07, 6.45) is 1.87. The number of nitrogens with zero attached hydrogens (tertiary/aromatic N) is 1. The number of aromatic nitrogens is 1. The van der Waals surface area contributed by atoms with E-state index >= 15 is 0 Å². The van der Waals surface area contributed by atoms with E-state index in [0.717, 1.165) is 22.3 Å². The number of hydrogen-bond donors (Lipinski definition) is 0.